The van der Waals surface area contributed by atoms with Crippen LogP contribution in [-0.2, 0) is 5.54 Å². The van der Waals surface area contributed by atoms with Crippen molar-refractivity contribution in [3.63, 3.8) is 0 Å². The van der Waals surface area contributed by atoms with Gasteiger partial charge in [0.15, 0.2) is 0 Å². The predicted molar refractivity (Wildman–Crippen MR) is 86.9 cm³/mol. The summed E-state index contributed by atoms with van der Waals surface area (Å²) in [4.78, 5) is 2.44. The van der Waals surface area contributed by atoms with Crippen molar-refractivity contribution in [3.05, 3.63) is 35.9 Å². The van der Waals surface area contributed by atoms with Gasteiger partial charge in [0.1, 0.15) is 5.54 Å². The summed E-state index contributed by atoms with van der Waals surface area (Å²) in [5.41, 5.74) is 0.462. The van der Waals surface area contributed by atoms with E-state index < -0.39 is 5.54 Å². The zero-order chi connectivity index (χ0) is 15.1. The molecule has 0 amide bonds. The van der Waals surface area contributed by atoms with Gasteiger partial charge in [0.2, 0.25) is 0 Å². The second-order valence-corrected chi connectivity index (χ2v) is 6.14. The third-order valence-corrected chi connectivity index (χ3v) is 4.75. The molecule has 1 aliphatic rings. The standard InChI is InChI=1S/C18H27N3/c1-3-7-16-10-12-21(13-11-16)15-18(14-19,20-2)17-8-5-4-6-9-17/h4-6,8-9,16,20H,3,7,10-13,15H2,1-2H3. The van der Waals surface area contributed by atoms with Crippen LogP contribution in [0.2, 0.25) is 0 Å². The summed E-state index contributed by atoms with van der Waals surface area (Å²) < 4.78 is 0. The lowest BCUT2D eigenvalue weighted by Crippen LogP contribution is -2.50. The first kappa shape index (κ1) is 16.0. The highest BCUT2D eigenvalue weighted by Gasteiger charge is 2.33. The SMILES string of the molecule is CCCC1CCN(CC(C#N)(NC)c2ccccc2)CC1. The van der Waals surface area contributed by atoms with E-state index in [2.05, 4.69) is 23.2 Å². The summed E-state index contributed by atoms with van der Waals surface area (Å²) in [7, 11) is 1.89. The molecular weight excluding hydrogens is 258 g/mol. The maximum absolute atomic E-state index is 9.76. The molecule has 1 heterocycles. The quantitative estimate of drug-likeness (QED) is 0.872. The molecule has 0 saturated carbocycles. The first-order chi connectivity index (χ1) is 10.2. The lowest BCUT2D eigenvalue weighted by atomic mass is 9.88. The fourth-order valence-corrected chi connectivity index (χ4v) is 3.37. The van der Waals surface area contributed by atoms with Gasteiger partial charge in [-0.1, -0.05) is 50.1 Å². The van der Waals surface area contributed by atoms with Crippen LogP contribution in [0.4, 0.5) is 0 Å². The Hall–Kier alpha value is -1.37. The van der Waals surface area contributed by atoms with Crippen LogP contribution >= 0.6 is 0 Å². The van der Waals surface area contributed by atoms with Gasteiger partial charge in [0.05, 0.1) is 6.07 Å². The van der Waals surface area contributed by atoms with Crippen LogP contribution in [0.5, 0.6) is 0 Å². The summed E-state index contributed by atoms with van der Waals surface area (Å²) in [5.74, 6) is 0.883. The Balaban J connectivity index is 2.03. The largest absolute Gasteiger partial charge is 0.300 e. The first-order valence-corrected chi connectivity index (χ1v) is 8.12. The highest BCUT2D eigenvalue weighted by Crippen LogP contribution is 2.26. The topological polar surface area (TPSA) is 39.1 Å². The van der Waals surface area contributed by atoms with Crippen molar-refractivity contribution in [3.8, 4) is 6.07 Å². The number of likely N-dealkylation sites (N-methyl/N-ethyl adjacent to an activating group) is 1. The Kier molecular flexibility index (Phi) is 5.78. The van der Waals surface area contributed by atoms with Crippen molar-refractivity contribution in [1.82, 2.24) is 10.2 Å². The van der Waals surface area contributed by atoms with Crippen molar-refractivity contribution in [2.24, 2.45) is 5.92 Å². The van der Waals surface area contributed by atoms with Gasteiger partial charge in [-0.25, -0.2) is 0 Å². The van der Waals surface area contributed by atoms with Crippen LogP contribution in [-0.4, -0.2) is 31.6 Å². The molecule has 0 spiro atoms. The average Bonchev–Trinajstić information content (AvgIpc) is 2.55. The van der Waals surface area contributed by atoms with E-state index in [-0.39, 0.29) is 0 Å². The fraction of sp³-hybridized carbons (Fsp3) is 0.611. The van der Waals surface area contributed by atoms with E-state index in [1.54, 1.807) is 0 Å². The summed E-state index contributed by atoms with van der Waals surface area (Å²) >= 11 is 0. The predicted octanol–water partition coefficient (Wildman–Crippen LogP) is 3.14. The molecule has 1 N–H and O–H groups in total. The summed E-state index contributed by atoms with van der Waals surface area (Å²) in [5, 5.41) is 13.0. The highest BCUT2D eigenvalue weighted by atomic mass is 15.2. The monoisotopic (exact) mass is 285 g/mol. The summed E-state index contributed by atoms with van der Waals surface area (Å²) in [6, 6.07) is 12.6. The second kappa shape index (κ2) is 7.59. The number of likely N-dealkylation sites (tertiary alicyclic amines) is 1. The number of hydrogen-bond donors (Lipinski definition) is 1. The van der Waals surface area contributed by atoms with Gasteiger partial charge in [-0.2, -0.15) is 5.26 Å². The number of nitriles is 1. The van der Waals surface area contributed by atoms with Gasteiger partial charge in [0, 0.05) is 6.54 Å². The number of nitrogens with one attached hydrogen (secondary N) is 1. The number of benzene rings is 1. The molecule has 3 heteroatoms. The number of rotatable bonds is 6. The molecule has 114 valence electrons. The second-order valence-electron chi connectivity index (χ2n) is 6.14. The zero-order valence-electron chi connectivity index (χ0n) is 13.3. The van der Waals surface area contributed by atoms with Gasteiger partial charge in [-0.3, -0.25) is 5.32 Å². The van der Waals surface area contributed by atoms with Gasteiger partial charge < -0.3 is 4.90 Å². The molecule has 1 aliphatic heterocycles. The molecule has 1 aromatic rings. The van der Waals surface area contributed by atoms with E-state index in [1.807, 2.05) is 37.4 Å². The van der Waals surface area contributed by atoms with E-state index >= 15 is 0 Å². The molecular formula is C18H27N3. The molecule has 1 atom stereocenters. The number of piperidine rings is 1. The van der Waals surface area contributed by atoms with Crippen molar-refractivity contribution >= 4 is 0 Å². The molecule has 1 fully saturated rings. The van der Waals surface area contributed by atoms with E-state index in [9.17, 15) is 5.26 Å². The van der Waals surface area contributed by atoms with Gasteiger partial charge in [-0.15, -0.1) is 0 Å². The van der Waals surface area contributed by atoms with Crippen molar-refractivity contribution in [2.45, 2.75) is 38.1 Å². The maximum Gasteiger partial charge on any atom is 0.144 e. The minimum absolute atomic E-state index is 0.598. The number of hydrogen-bond acceptors (Lipinski definition) is 3. The highest BCUT2D eigenvalue weighted by molar-refractivity contribution is 5.32. The average molecular weight is 285 g/mol. The summed E-state index contributed by atoms with van der Waals surface area (Å²) in [6.45, 7) is 5.26. The van der Waals surface area contributed by atoms with Crippen molar-refractivity contribution in [1.29, 1.82) is 5.26 Å². The van der Waals surface area contributed by atoms with Crippen LogP contribution < -0.4 is 5.32 Å². The van der Waals surface area contributed by atoms with Crippen LogP contribution in [0.15, 0.2) is 30.3 Å². The molecule has 21 heavy (non-hydrogen) atoms. The number of nitrogens with zero attached hydrogens (tertiary/aromatic N) is 2. The van der Waals surface area contributed by atoms with Crippen LogP contribution in [0.1, 0.15) is 38.2 Å². The Morgan fingerprint density at radius 2 is 1.95 bits per heavy atom. The minimum Gasteiger partial charge on any atom is -0.300 e. The third kappa shape index (κ3) is 3.84. The van der Waals surface area contributed by atoms with Gasteiger partial charge in [-0.05, 0) is 44.5 Å². The maximum atomic E-state index is 9.76. The molecule has 1 unspecified atom stereocenters. The molecule has 2 rings (SSSR count). The molecule has 0 aliphatic carbocycles. The molecule has 3 nitrogen and oxygen atoms in total. The smallest absolute Gasteiger partial charge is 0.144 e. The van der Waals surface area contributed by atoms with E-state index in [0.717, 1.165) is 31.1 Å². The minimum atomic E-state index is -0.598. The van der Waals surface area contributed by atoms with E-state index in [4.69, 9.17) is 0 Å². The Morgan fingerprint density at radius 1 is 1.29 bits per heavy atom. The van der Waals surface area contributed by atoms with Crippen LogP contribution in [0.3, 0.4) is 0 Å². The van der Waals surface area contributed by atoms with Crippen LogP contribution in [0.25, 0.3) is 0 Å². The lowest BCUT2D eigenvalue weighted by molar-refractivity contribution is 0.149. The molecule has 1 aromatic carbocycles. The van der Waals surface area contributed by atoms with E-state index in [0.29, 0.717) is 0 Å². The molecule has 1 saturated heterocycles. The van der Waals surface area contributed by atoms with Crippen molar-refractivity contribution < 1.29 is 0 Å². The van der Waals surface area contributed by atoms with Gasteiger partial charge in [0.25, 0.3) is 0 Å². The Morgan fingerprint density at radius 3 is 2.48 bits per heavy atom. The van der Waals surface area contributed by atoms with Crippen molar-refractivity contribution in [2.75, 3.05) is 26.7 Å². The lowest BCUT2D eigenvalue weighted by Gasteiger charge is -2.37. The Labute approximate surface area is 129 Å². The molecule has 0 bridgehead atoms. The molecule has 0 radical (unpaired) electrons. The normalized spacial score (nSPS) is 19.9. The first-order valence-electron chi connectivity index (χ1n) is 8.12. The Bertz CT molecular complexity index is 457. The third-order valence-electron chi connectivity index (χ3n) is 4.75. The van der Waals surface area contributed by atoms with E-state index in [1.165, 1.54) is 25.7 Å². The fourth-order valence-electron chi connectivity index (χ4n) is 3.37. The van der Waals surface area contributed by atoms with Crippen LogP contribution in [0, 0.1) is 17.2 Å². The van der Waals surface area contributed by atoms with Gasteiger partial charge >= 0.3 is 0 Å². The molecule has 0 aromatic heterocycles. The zero-order valence-corrected chi connectivity index (χ0v) is 13.3. The summed E-state index contributed by atoms with van der Waals surface area (Å²) in [6.07, 6.45) is 5.18.